The molecule has 0 fully saturated rings. The van der Waals surface area contributed by atoms with Crippen LogP contribution in [0.3, 0.4) is 0 Å². The highest BCUT2D eigenvalue weighted by molar-refractivity contribution is 9.10. The van der Waals surface area contributed by atoms with Gasteiger partial charge in [-0.3, -0.25) is 0 Å². The van der Waals surface area contributed by atoms with Crippen LogP contribution in [0.25, 0.3) is 0 Å². The molecule has 0 aliphatic heterocycles. The van der Waals surface area contributed by atoms with Gasteiger partial charge in [0.25, 0.3) is 0 Å². The zero-order valence-corrected chi connectivity index (χ0v) is 12.7. The number of nitrogens with zero attached hydrogens (tertiary/aromatic N) is 1. The van der Waals surface area contributed by atoms with E-state index in [-0.39, 0.29) is 0 Å². The third-order valence-corrected chi connectivity index (χ3v) is 3.77. The van der Waals surface area contributed by atoms with E-state index in [1.807, 2.05) is 12.1 Å². The van der Waals surface area contributed by atoms with Gasteiger partial charge in [-0.2, -0.15) is 0 Å². The lowest BCUT2D eigenvalue weighted by Gasteiger charge is -2.23. The largest absolute Gasteiger partial charge is 0.382 e. The first-order chi connectivity index (χ1) is 9.31. The highest BCUT2D eigenvalue weighted by Crippen LogP contribution is 2.21. The molecule has 0 heterocycles. The summed E-state index contributed by atoms with van der Waals surface area (Å²) in [5.41, 5.74) is 2.42. The number of anilines is 2. The maximum Gasteiger partial charge on any atom is 0.0485 e. The van der Waals surface area contributed by atoms with E-state index < -0.39 is 0 Å². The molecule has 1 N–H and O–H groups in total. The van der Waals surface area contributed by atoms with Crippen molar-refractivity contribution in [2.45, 2.75) is 6.92 Å². The molecule has 0 amide bonds. The Morgan fingerprint density at radius 1 is 1.00 bits per heavy atom. The van der Waals surface area contributed by atoms with Crippen LogP contribution in [0.2, 0.25) is 0 Å². The summed E-state index contributed by atoms with van der Waals surface area (Å²) < 4.78 is 1.11. The van der Waals surface area contributed by atoms with Gasteiger partial charge in [-0.05, 0) is 47.1 Å². The molecule has 100 valence electrons. The average Bonchev–Trinajstić information content (AvgIpc) is 2.46. The molecule has 3 heteroatoms. The maximum atomic E-state index is 3.55. The van der Waals surface area contributed by atoms with Gasteiger partial charge in [-0.25, -0.2) is 0 Å². The number of hydrogen-bond donors (Lipinski definition) is 1. The van der Waals surface area contributed by atoms with Crippen molar-refractivity contribution in [1.82, 2.24) is 0 Å². The monoisotopic (exact) mass is 318 g/mol. The molecule has 2 aromatic rings. The van der Waals surface area contributed by atoms with Gasteiger partial charge in [0.15, 0.2) is 0 Å². The molecule has 2 aromatic carbocycles. The highest BCUT2D eigenvalue weighted by atomic mass is 79.9. The van der Waals surface area contributed by atoms with E-state index in [0.29, 0.717) is 0 Å². The van der Waals surface area contributed by atoms with Crippen molar-refractivity contribution in [3.8, 4) is 0 Å². The summed E-state index contributed by atoms with van der Waals surface area (Å²) in [7, 11) is 0. The van der Waals surface area contributed by atoms with Gasteiger partial charge < -0.3 is 10.2 Å². The first-order valence-electron chi connectivity index (χ1n) is 6.59. The Kier molecular flexibility index (Phi) is 5.28. The van der Waals surface area contributed by atoms with Gasteiger partial charge in [-0.15, -0.1) is 0 Å². The smallest absolute Gasteiger partial charge is 0.0485 e. The molecule has 0 bridgehead atoms. The molecule has 19 heavy (non-hydrogen) atoms. The van der Waals surface area contributed by atoms with E-state index in [0.717, 1.165) is 29.8 Å². The van der Waals surface area contributed by atoms with Gasteiger partial charge in [0.2, 0.25) is 0 Å². The minimum atomic E-state index is 0.922. The first-order valence-corrected chi connectivity index (χ1v) is 7.39. The average molecular weight is 319 g/mol. The Morgan fingerprint density at radius 2 is 1.68 bits per heavy atom. The topological polar surface area (TPSA) is 15.3 Å². The van der Waals surface area contributed by atoms with Gasteiger partial charge in [0.05, 0.1) is 0 Å². The second-order valence-electron chi connectivity index (χ2n) is 4.32. The van der Waals surface area contributed by atoms with Crippen LogP contribution in [0.5, 0.6) is 0 Å². The molecule has 0 spiro atoms. The summed E-state index contributed by atoms with van der Waals surface area (Å²) in [6, 6.07) is 18.7. The molecular formula is C16H19BrN2. The minimum Gasteiger partial charge on any atom is -0.382 e. The summed E-state index contributed by atoms with van der Waals surface area (Å²) in [6.07, 6.45) is 0. The van der Waals surface area contributed by atoms with Crippen molar-refractivity contribution in [3.05, 3.63) is 59.1 Å². The Morgan fingerprint density at radius 3 is 2.37 bits per heavy atom. The van der Waals surface area contributed by atoms with Crippen LogP contribution in [0.4, 0.5) is 11.4 Å². The number of halogens is 1. The molecule has 0 unspecified atom stereocenters. The van der Waals surface area contributed by atoms with Crippen LogP contribution in [0.1, 0.15) is 6.92 Å². The van der Waals surface area contributed by atoms with E-state index in [4.69, 9.17) is 0 Å². The zero-order valence-electron chi connectivity index (χ0n) is 11.1. The quantitative estimate of drug-likeness (QED) is 0.849. The second-order valence-corrected chi connectivity index (χ2v) is 5.18. The molecule has 0 aromatic heterocycles. The highest BCUT2D eigenvalue weighted by Gasteiger charge is 2.03. The van der Waals surface area contributed by atoms with Crippen molar-refractivity contribution in [2.75, 3.05) is 29.9 Å². The van der Waals surface area contributed by atoms with E-state index in [2.05, 4.69) is 75.5 Å². The molecule has 0 saturated heterocycles. The number of likely N-dealkylation sites (N-methyl/N-ethyl adjacent to an activating group) is 1. The number of benzene rings is 2. The van der Waals surface area contributed by atoms with Crippen LogP contribution < -0.4 is 10.2 Å². The maximum absolute atomic E-state index is 3.55. The molecule has 2 rings (SSSR count). The van der Waals surface area contributed by atoms with Crippen molar-refractivity contribution >= 4 is 27.3 Å². The first kappa shape index (κ1) is 13.9. The van der Waals surface area contributed by atoms with Crippen molar-refractivity contribution in [2.24, 2.45) is 0 Å². The third-order valence-electron chi connectivity index (χ3n) is 3.07. The van der Waals surface area contributed by atoms with Crippen LogP contribution >= 0.6 is 15.9 Å². The lowest BCUT2D eigenvalue weighted by atomic mass is 10.3. The van der Waals surface area contributed by atoms with Crippen LogP contribution in [-0.2, 0) is 0 Å². The van der Waals surface area contributed by atoms with Crippen LogP contribution in [-0.4, -0.2) is 19.6 Å². The fraction of sp³-hybridized carbons (Fsp3) is 0.250. The number of nitrogens with one attached hydrogen (secondary N) is 1. The lowest BCUT2D eigenvalue weighted by Crippen LogP contribution is -2.28. The van der Waals surface area contributed by atoms with E-state index in [9.17, 15) is 0 Å². The fourth-order valence-electron chi connectivity index (χ4n) is 2.04. The van der Waals surface area contributed by atoms with Crippen LogP contribution in [0, 0.1) is 0 Å². The predicted octanol–water partition coefficient (Wildman–Crippen LogP) is 4.39. The SMILES string of the molecule is CCN(CCNc1ccccc1Br)c1ccccc1. The Hall–Kier alpha value is -1.48. The fourth-order valence-corrected chi connectivity index (χ4v) is 2.46. The van der Waals surface area contributed by atoms with E-state index in [1.165, 1.54) is 5.69 Å². The lowest BCUT2D eigenvalue weighted by molar-refractivity contribution is 0.835. The summed E-state index contributed by atoms with van der Waals surface area (Å²) >= 11 is 3.55. The summed E-state index contributed by atoms with van der Waals surface area (Å²) in [4.78, 5) is 2.36. The molecule has 0 aliphatic rings. The normalized spacial score (nSPS) is 10.2. The second kappa shape index (κ2) is 7.19. The number of hydrogen-bond acceptors (Lipinski definition) is 2. The van der Waals surface area contributed by atoms with Gasteiger partial charge in [0.1, 0.15) is 0 Å². The Labute approximate surface area is 123 Å². The number of para-hydroxylation sites is 2. The third kappa shape index (κ3) is 4.00. The summed E-state index contributed by atoms with van der Waals surface area (Å²) in [5.74, 6) is 0. The van der Waals surface area contributed by atoms with E-state index in [1.54, 1.807) is 0 Å². The minimum absolute atomic E-state index is 0.922. The summed E-state index contributed by atoms with van der Waals surface area (Å²) in [6.45, 7) is 5.11. The molecule has 0 aliphatic carbocycles. The van der Waals surface area contributed by atoms with Gasteiger partial charge in [-0.1, -0.05) is 30.3 Å². The number of rotatable bonds is 6. The summed E-state index contributed by atoms with van der Waals surface area (Å²) in [5, 5.41) is 3.46. The zero-order chi connectivity index (χ0) is 13.5. The Balaban J connectivity index is 1.89. The standard InChI is InChI=1S/C16H19BrN2/c1-2-19(14-8-4-3-5-9-14)13-12-18-16-11-7-6-10-15(16)17/h3-11,18H,2,12-13H2,1H3. The molecule has 2 nitrogen and oxygen atoms in total. The van der Waals surface area contributed by atoms with Gasteiger partial charge in [0, 0.05) is 35.5 Å². The van der Waals surface area contributed by atoms with Gasteiger partial charge >= 0.3 is 0 Å². The molecule has 0 atom stereocenters. The molecule has 0 radical (unpaired) electrons. The van der Waals surface area contributed by atoms with Crippen molar-refractivity contribution in [1.29, 1.82) is 0 Å². The van der Waals surface area contributed by atoms with Crippen molar-refractivity contribution in [3.63, 3.8) is 0 Å². The molecule has 0 saturated carbocycles. The Bertz CT molecular complexity index is 499. The predicted molar refractivity (Wildman–Crippen MR) is 87.0 cm³/mol. The van der Waals surface area contributed by atoms with Crippen molar-refractivity contribution < 1.29 is 0 Å². The van der Waals surface area contributed by atoms with E-state index >= 15 is 0 Å². The van der Waals surface area contributed by atoms with Crippen LogP contribution in [0.15, 0.2) is 59.1 Å². The molecular weight excluding hydrogens is 300 g/mol.